The third-order valence-corrected chi connectivity index (χ3v) is 2.93. The maximum atomic E-state index is 11.7. The monoisotopic (exact) mass is 239 g/mol. The molecule has 1 aliphatic heterocycles. The van der Waals surface area contributed by atoms with Crippen molar-refractivity contribution < 1.29 is 4.79 Å². The van der Waals surface area contributed by atoms with Gasteiger partial charge >= 0.3 is 0 Å². The molecule has 1 aromatic rings. The summed E-state index contributed by atoms with van der Waals surface area (Å²) in [6.07, 6.45) is 2.61. The van der Waals surface area contributed by atoms with E-state index in [2.05, 4.69) is 15.6 Å². The highest BCUT2D eigenvalue weighted by Gasteiger charge is 2.15. The molecular formula is C11H14ClN3O. The fourth-order valence-electron chi connectivity index (χ4n) is 1.74. The molecule has 1 saturated heterocycles. The van der Waals surface area contributed by atoms with Crippen LogP contribution in [0.5, 0.6) is 0 Å². The number of amides is 1. The molecule has 86 valence electrons. The summed E-state index contributed by atoms with van der Waals surface area (Å²) < 4.78 is 0. The first kappa shape index (κ1) is 11.4. The van der Waals surface area contributed by atoms with Crippen molar-refractivity contribution in [3.63, 3.8) is 0 Å². The molecule has 1 fully saturated rings. The summed E-state index contributed by atoms with van der Waals surface area (Å²) in [5, 5.41) is 6.56. The van der Waals surface area contributed by atoms with Crippen molar-refractivity contribution >= 4 is 17.5 Å². The zero-order chi connectivity index (χ0) is 11.4. The zero-order valence-electron chi connectivity index (χ0n) is 8.87. The van der Waals surface area contributed by atoms with Gasteiger partial charge in [-0.1, -0.05) is 11.6 Å². The van der Waals surface area contributed by atoms with Crippen LogP contribution in [0.2, 0.25) is 5.15 Å². The number of hydrogen-bond donors (Lipinski definition) is 2. The van der Waals surface area contributed by atoms with Crippen molar-refractivity contribution in [3.8, 4) is 0 Å². The predicted molar refractivity (Wildman–Crippen MR) is 62.6 cm³/mol. The first-order valence-corrected chi connectivity index (χ1v) is 5.74. The fourth-order valence-corrected chi connectivity index (χ4v) is 1.85. The zero-order valence-corrected chi connectivity index (χ0v) is 9.63. The van der Waals surface area contributed by atoms with Gasteiger partial charge in [-0.05, 0) is 37.6 Å². The Morgan fingerprint density at radius 3 is 3.12 bits per heavy atom. The number of carbonyl (C=O) groups is 1. The lowest BCUT2D eigenvalue weighted by molar-refractivity contribution is 0.0948. The number of pyridine rings is 1. The van der Waals surface area contributed by atoms with E-state index in [1.54, 1.807) is 12.1 Å². The van der Waals surface area contributed by atoms with Crippen LogP contribution in [0.4, 0.5) is 0 Å². The van der Waals surface area contributed by atoms with Gasteiger partial charge in [-0.15, -0.1) is 0 Å². The Morgan fingerprint density at radius 1 is 1.62 bits per heavy atom. The van der Waals surface area contributed by atoms with Crippen molar-refractivity contribution in [1.82, 2.24) is 15.6 Å². The third kappa shape index (κ3) is 2.93. The number of nitrogens with zero attached hydrogens (tertiary/aromatic N) is 1. The molecule has 1 aromatic heterocycles. The molecule has 0 spiro atoms. The van der Waals surface area contributed by atoms with Gasteiger partial charge in [0.2, 0.25) is 0 Å². The topological polar surface area (TPSA) is 54.0 Å². The SMILES string of the molecule is O=C(NC[C@H]1CCNC1)c1ccc(Cl)nc1. The second-order valence-electron chi connectivity index (χ2n) is 3.94. The van der Waals surface area contributed by atoms with Crippen LogP contribution >= 0.6 is 11.6 Å². The highest BCUT2D eigenvalue weighted by Crippen LogP contribution is 2.07. The molecule has 1 atom stereocenters. The molecule has 2 N–H and O–H groups in total. The maximum absolute atomic E-state index is 11.7. The van der Waals surface area contributed by atoms with Gasteiger partial charge in [0.05, 0.1) is 5.56 Å². The minimum Gasteiger partial charge on any atom is -0.352 e. The minimum atomic E-state index is -0.0870. The Labute approximate surface area is 99.4 Å². The molecule has 0 aliphatic carbocycles. The van der Waals surface area contributed by atoms with E-state index in [4.69, 9.17) is 11.6 Å². The normalized spacial score (nSPS) is 19.7. The van der Waals surface area contributed by atoms with E-state index in [-0.39, 0.29) is 5.91 Å². The second kappa shape index (κ2) is 5.27. The summed E-state index contributed by atoms with van der Waals surface area (Å²) in [6.45, 7) is 2.75. The lowest BCUT2D eigenvalue weighted by atomic mass is 10.1. The Kier molecular flexibility index (Phi) is 3.74. The van der Waals surface area contributed by atoms with Gasteiger partial charge in [0.25, 0.3) is 5.91 Å². The van der Waals surface area contributed by atoms with Crippen molar-refractivity contribution in [1.29, 1.82) is 0 Å². The van der Waals surface area contributed by atoms with Crippen LogP contribution in [0.1, 0.15) is 16.8 Å². The quantitative estimate of drug-likeness (QED) is 0.776. The molecular weight excluding hydrogens is 226 g/mol. The van der Waals surface area contributed by atoms with E-state index >= 15 is 0 Å². The van der Waals surface area contributed by atoms with Gasteiger partial charge in [0.15, 0.2) is 0 Å². The standard InChI is InChI=1S/C11H14ClN3O/c12-10-2-1-9(7-14-10)11(16)15-6-8-3-4-13-5-8/h1-2,7-8,13H,3-6H2,(H,15,16)/t8-/m0/s1. The van der Waals surface area contributed by atoms with Crippen LogP contribution in [0.3, 0.4) is 0 Å². The molecule has 0 radical (unpaired) electrons. The van der Waals surface area contributed by atoms with Gasteiger partial charge in [-0.2, -0.15) is 0 Å². The third-order valence-electron chi connectivity index (χ3n) is 2.70. The van der Waals surface area contributed by atoms with E-state index in [9.17, 15) is 4.79 Å². The van der Waals surface area contributed by atoms with Crippen LogP contribution in [-0.4, -0.2) is 30.5 Å². The smallest absolute Gasteiger partial charge is 0.252 e. The summed E-state index contributed by atoms with van der Waals surface area (Å²) in [5.74, 6) is 0.459. The lowest BCUT2D eigenvalue weighted by Gasteiger charge is -2.09. The van der Waals surface area contributed by atoms with Crippen LogP contribution < -0.4 is 10.6 Å². The number of hydrogen-bond acceptors (Lipinski definition) is 3. The molecule has 1 amide bonds. The molecule has 1 aliphatic rings. The summed E-state index contributed by atoms with van der Waals surface area (Å²) in [4.78, 5) is 15.6. The number of carbonyl (C=O) groups excluding carboxylic acids is 1. The van der Waals surface area contributed by atoms with E-state index in [0.717, 1.165) is 19.5 Å². The molecule has 0 bridgehead atoms. The second-order valence-corrected chi connectivity index (χ2v) is 4.33. The largest absolute Gasteiger partial charge is 0.352 e. The molecule has 2 rings (SSSR count). The van der Waals surface area contributed by atoms with Crippen molar-refractivity contribution in [2.45, 2.75) is 6.42 Å². The molecule has 16 heavy (non-hydrogen) atoms. The highest BCUT2D eigenvalue weighted by atomic mass is 35.5. The van der Waals surface area contributed by atoms with Gasteiger partial charge in [0, 0.05) is 12.7 Å². The van der Waals surface area contributed by atoms with Gasteiger partial charge in [-0.25, -0.2) is 4.98 Å². The van der Waals surface area contributed by atoms with Crippen LogP contribution in [0, 0.1) is 5.92 Å². The Bertz CT molecular complexity index is 360. The Morgan fingerprint density at radius 2 is 2.50 bits per heavy atom. The molecule has 4 nitrogen and oxygen atoms in total. The van der Waals surface area contributed by atoms with Crippen LogP contribution in [-0.2, 0) is 0 Å². The van der Waals surface area contributed by atoms with Gasteiger partial charge < -0.3 is 10.6 Å². The summed E-state index contributed by atoms with van der Waals surface area (Å²) in [5.41, 5.74) is 0.551. The first-order chi connectivity index (χ1) is 7.75. The Balaban J connectivity index is 1.85. The summed E-state index contributed by atoms with van der Waals surface area (Å²) in [7, 11) is 0. The van der Waals surface area contributed by atoms with Crippen molar-refractivity contribution in [2.75, 3.05) is 19.6 Å². The van der Waals surface area contributed by atoms with E-state index < -0.39 is 0 Å². The lowest BCUT2D eigenvalue weighted by Crippen LogP contribution is -2.30. The number of aromatic nitrogens is 1. The number of nitrogens with one attached hydrogen (secondary N) is 2. The molecule has 0 unspecified atom stereocenters. The van der Waals surface area contributed by atoms with Crippen LogP contribution in [0.25, 0.3) is 0 Å². The van der Waals surface area contributed by atoms with Crippen molar-refractivity contribution in [3.05, 3.63) is 29.0 Å². The molecule has 2 heterocycles. The van der Waals surface area contributed by atoms with Crippen molar-refractivity contribution in [2.24, 2.45) is 5.92 Å². The Hall–Kier alpha value is -1.13. The van der Waals surface area contributed by atoms with E-state index in [1.165, 1.54) is 6.20 Å². The molecule has 0 saturated carbocycles. The average molecular weight is 240 g/mol. The van der Waals surface area contributed by atoms with Gasteiger partial charge in [0.1, 0.15) is 5.15 Å². The average Bonchev–Trinajstić information content (AvgIpc) is 2.80. The first-order valence-electron chi connectivity index (χ1n) is 5.36. The summed E-state index contributed by atoms with van der Waals surface area (Å²) in [6, 6.07) is 3.30. The van der Waals surface area contributed by atoms with E-state index in [0.29, 0.717) is 23.2 Å². The number of rotatable bonds is 3. The fraction of sp³-hybridized carbons (Fsp3) is 0.455. The van der Waals surface area contributed by atoms with Crippen LogP contribution in [0.15, 0.2) is 18.3 Å². The number of halogens is 1. The summed E-state index contributed by atoms with van der Waals surface area (Å²) >= 11 is 5.65. The van der Waals surface area contributed by atoms with Gasteiger partial charge in [-0.3, -0.25) is 4.79 Å². The maximum Gasteiger partial charge on any atom is 0.252 e. The van der Waals surface area contributed by atoms with E-state index in [1.807, 2.05) is 0 Å². The highest BCUT2D eigenvalue weighted by molar-refractivity contribution is 6.29. The molecule has 0 aromatic carbocycles. The minimum absolute atomic E-state index is 0.0870. The molecule has 5 heteroatoms. The predicted octanol–water partition coefficient (Wildman–Crippen LogP) is 1.07.